The van der Waals surface area contributed by atoms with Crippen LogP contribution in [0, 0.1) is 32.5 Å². The Balaban J connectivity index is 1.85. The number of halogens is 1. The molecule has 1 fully saturated rings. The van der Waals surface area contributed by atoms with Crippen molar-refractivity contribution in [1.29, 1.82) is 0 Å². The van der Waals surface area contributed by atoms with Crippen molar-refractivity contribution in [3.8, 4) is 0 Å². The minimum absolute atomic E-state index is 0.0126. The summed E-state index contributed by atoms with van der Waals surface area (Å²) < 4.78 is 15.3. The number of nitrogens with one attached hydrogen (secondary N) is 2. The molecule has 172 valence electrons. The zero-order valence-corrected chi connectivity index (χ0v) is 19.5. The van der Waals surface area contributed by atoms with Gasteiger partial charge in [-0.2, -0.15) is 0 Å². The summed E-state index contributed by atoms with van der Waals surface area (Å²) in [4.78, 5) is 38.9. The van der Waals surface area contributed by atoms with Gasteiger partial charge in [0.1, 0.15) is 5.82 Å². The van der Waals surface area contributed by atoms with E-state index in [1.54, 1.807) is 31.4 Å². The Bertz CT molecular complexity index is 1050. The van der Waals surface area contributed by atoms with Crippen LogP contribution in [0.25, 0.3) is 0 Å². The standard InChI is InChI=1S/C25H32FN3O3/c1-6-29-17(5)21(24(31)28-19-11-12-20(26)15(3)13-19)16(4)22(29)23(30)25(32)27-18-9-7-14(2)8-10-18/h11-14,18H,6-10H2,1-5H3,(H,27,32)(H,28,31). The molecule has 6 nitrogen and oxygen atoms in total. The van der Waals surface area contributed by atoms with Gasteiger partial charge in [0.15, 0.2) is 0 Å². The van der Waals surface area contributed by atoms with Gasteiger partial charge < -0.3 is 15.2 Å². The number of aromatic nitrogens is 1. The molecular weight excluding hydrogens is 409 g/mol. The highest BCUT2D eigenvalue weighted by atomic mass is 19.1. The van der Waals surface area contributed by atoms with Gasteiger partial charge in [0.05, 0.1) is 11.3 Å². The number of hydrogen-bond donors (Lipinski definition) is 2. The molecule has 2 N–H and O–H groups in total. The largest absolute Gasteiger partial charge is 0.346 e. The summed E-state index contributed by atoms with van der Waals surface area (Å²) in [7, 11) is 0. The smallest absolute Gasteiger partial charge is 0.294 e. The van der Waals surface area contributed by atoms with Crippen LogP contribution in [0.15, 0.2) is 18.2 Å². The van der Waals surface area contributed by atoms with E-state index >= 15 is 0 Å². The molecule has 0 spiro atoms. The van der Waals surface area contributed by atoms with Crippen molar-refractivity contribution < 1.29 is 18.8 Å². The lowest BCUT2D eigenvalue weighted by Crippen LogP contribution is -2.41. The Kier molecular flexibility index (Phi) is 7.16. The second-order valence-corrected chi connectivity index (χ2v) is 8.86. The fourth-order valence-corrected chi connectivity index (χ4v) is 4.60. The van der Waals surface area contributed by atoms with Crippen molar-refractivity contribution in [1.82, 2.24) is 9.88 Å². The molecule has 2 amide bonds. The number of anilines is 1. The second kappa shape index (κ2) is 9.67. The molecule has 0 bridgehead atoms. The maximum Gasteiger partial charge on any atom is 0.294 e. The van der Waals surface area contributed by atoms with Gasteiger partial charge in [0, 0.05) is 24.0 Å². The van der Waals surface area contributed by atoms with E-state index in [4.69, 9.17) is 0 Å². The number of benzene rings is 1. The van der Waals surface area contributed by atoms with E-state index in [1.165, 1.54) is 12.1 Å². The Morgan fingerprint density at radius 2 is 1.75 bits per heavy atom. The van der Waals surface area contributed by atoms with Crippen molar-refractivity contribution in [2.75, 3.05) is 5.32 Å². The van der Waals surface area contributed by atoms with Crippen LogP contribution >= 0.6 is 0 Å². The molecule has 1 aromatic carbocycles. The second-order valence-electron chi connectivity index (χ2n) is 8.86. The highest BCUT2D eigenvalue weighted by Gasteiger charge is 2.31. The lowest BCUT2D eigenvalue weighted by molar-refractivity contribution is -0.118. The minimum atomic E-state index is -0.624. The lowest BCUT2D eigenvalue weighted by atomic mass is 9.87. The highest BCUT2D eigenvalue weighted by Crippen LogP contribution is 2.26. The number of carbonyl (C=O) groups excluding carboxylic acids is 3. The summed E-state index contributed by atoms with van der Waals surface area (Å²) in [6.07, 6.45) is 3.82. The Morgan fingerprint density at radius 1 is 1.09 bits per heavy atom. The van der Waals surface area contributed by atoms with Gasteiger partial charge in [-0.15, -0.1) is 0 Å². The van der Waals surface area contributed by atoms with Crippen molar-refractivity contribution >= 4 is 23.3 Å². The first-order valence-corrected chi connectivity index (χ1v) is 11.3. The first-order chi connectivity index (χ1) is 15.1. The normalized spacial score (nSPS) is 18.3. The zero-order chi connectivity index (χ0) is 23.6. The van der Waals surface area contributed by atoms with Gasteiger partial charge >= 0.3 is 0 Å². The van der Waals surface area contributed by atoms with Crippen molar-refractivity contribution in [3.05, 3.63) is 52.1 Å². The maximum absolute atomic E-state index is 13.5. The molecule has 1 heterocycles. The molecule has 0 atom stereocenters. The van der Waals surface area contributed by atoms with Gasteiger partial charge in [-0.3, -0.25) is 14.4 Å². The van der Waals surface area contributed by atoms with E-state index in [9.17, 15) is 18.8 Å². The molecule has 0 unspecified atom stereocenters. The monoisotopic (exact) mass is 441 g/mol. The molecule has 0 saturated heterocycles. The first kappa shape index (κ1) is 23.7. The topological polar surface area (TPSA) is 80.2 Å². The number of carbonyl (C=O) groups is 3. The number of hydrogen-bond acceptors (Lipinski definition) is 3. The molecule has 1 aliphatic carbocycles. The van der Waals surface area contributed by atoms with E-state index in [-0.39, 0.29) is 17.6 Å². The van der Waals surface area contributed by atoms with Crippen LogP contribution in [-0.2, 0) is 11.3 Å². The highest BCUT2D eigenvalue weighted by molar-refractivity contribution is 6.43. The third-order valence-corrected chi connectivity index (χ3v) is 6.50. The van der Waals surface area contributed by atoms with Crippen molar-refractivity contribution in [3.63, 3.8) is 0 Å². The summed E-state index contributed by atoms with van der Waals surface area (Å²) in [5.74, 6) is -1.34. The number of ketones is 1. The lowest BCUT2D eigenvalue weighted by Gasteiger charge is -2.26. The fraction of sp³-hybridized carbons (Fsp3) is 0.480. The molecule has 7 heteroatoms. The van der Waals surface area contributed by atoms with E-state index in [1.807, 2.05) is 6.92 Å². The molecule has 1 aliphatic rings. The van der Waals surface area contributed by atoms with Crippen LogP contribution in [0.5, 0.6) is 0 Å². The van der Waals surface area contributed by atoms with Gasteiger partial charge in [0.2, 0.25) is 0 Å². The first-order valence-electron chi connectivity index (χ1n) is 11.3. The summed E-state index contributed by atoms with van der Waals surface area (Å²) in [6, 6.07) is 4.36. The maximum atomic E-state index is 13.5. The van der Waals surface area contributed by atoms with E-state index in [0.717, 1.165) is 25.7 Å². The van der Waals surface area contributed by atoms with E-state index in [2.05, 4.69) is 17.6 Å². The number of rotatable bonds is 6. The summed E-state index contributed by atoms with van der Waals surface area (Å²) in [5.41, 5.74) is 2.58. The quantitative estimate of drug-likeness (QED) is 0.504. The SMILES string of the molecule is CCn1c(C)c(C(=O)Nc2ccc(F)c(C)c2)c(C)c1C(=O)C(=O)NC1CCC(C)CC1. The minimum Gasteiger partial charge on any atom is -0.346 e. The molecule has 2 aromatic rings. The van der Waals surface area contributed by atoms with Crippen LogP contribution in [-0.4, -0.2) is 28.2 Å². The predicted octanol–water partition coefficient (Wildman–Crippen LogP) is 4.70. The van der Waals surface area contributed by atoms with Gasteiger partial charge in [-0.1, -0.05) is 6.92 Å². The van der Waals surface area contributed by atoms with Crippen LogP contribution in [0.2, 0.25) is 0 Å². The van der Waals surface area contributed by atoms with Crippen molar-refractivity contribution in [2.45, 2.75) is 72.9 Å². The van der Waals surface area contributed by atoms with E-state index < -0.39 is 17.6 Å². The average molecular weight is 442 g/mol. The Morgan fingerprint density at radius 3 is 2.34 bits per heavy atom. The molecule has 32 heavy (non-hydrogen) atoms. The summed E-state index contributed by atoms with van der Waals surface area (Å²) in [6.45, 7) is 9.59. The van der Waals surface area contributed by atoms with Crippen LogP contribution in [0.4, 0.5) is 10.1 Å². The third-order valence-electron chi connectivity index (χ3n) is 6.50. The van der Waals surface area contributed by atoms with E-state index in [0.29, 0.717) is 40.5 Å². The fourth-order valence-electron chi connectivity index (χ4n) is 4.60. The molecule has 3 rings (SSSR count). The third kappa shape index (κ3) is 4.76. The Hall–Kier alpha value is -2.96. The average Bonchev–Trinajstić information content (AvgIpc) is 3.01. The van der Waals surface area contributed by atoms with Crippen LogP contribution in [0.1, 0.15) is 77.2 Å². The summed E-state index contributed by atoms with van der Waals surface area (Å²) >= 11 is 0. The summed E-state index contributed by atoms with van der Waals surface area (Å²) in [5, 5.41) is 5.67. The van der Waals surface area contributed by atoms with Crippen molar-refractivity contribution in [2.24, 2.45) is 5.92 Å². The van der Waals surface area contributed by atoms with Gasteiger partial charge in [-0.25, -0.2) is 4.39 Å². The van der Waals surface area contributed by atoms with Gasteiger partial charge in [-0.05, 0) is 88.6 Å². The number of aryl methyl sites for hydroxylation is 1. The molecule has 1 saturated carbocycles. The number of nitrogens with zero attached hydrogens (tertiary/aromatic N) is 1. The molecular formula is C25H32FN3O3. The Labute approximate surface area is 188 Å². The molecule has 0 radical (unpaired) electrons. The van der Waals surface area contributed by atoms with Gasteiger partial charge in [0.25, 0.3) is 17.6 Å². The van der Waals surface area contributed by atoms with Crippen LogP contribution in [0.3, 0.4) is 0 Å². The molecule has 0 aliphatic heterocycles. The van der Waals surface area contributed by atoms with Crippen LogP contribution < -0.4 is 10.6 Å². The number of Topliss-reactive ketones (excluding diaryl/α,β-unsaturated/α-hetero) is 1. The molecule has 1 aromatic heterocycles. The number of amides is 2. The predicted molar refractivity (Wildman–Crippen MR) is 123 cm³/mol. The zero-order valence-electron chi connectivity index (χ0n) is 19.5.